The van der Waals surface area contributed by atoms with Crippen molar-refractivity contribution in [1.82, 2.24) is 5.32 Å². The van der Waals surface area contributed by atoms with Crippen LogP contribution in [0.2, 0.25) is 0 Å². The van der Waals surface area contributed by atoms with Crippen LogP contribution in [0.25, 0.3) is 0 Å². The van der Waals surface area contributed by atoms with Crippen LogP contribution >= 0.6 is 0 Å². The molecule has 1 atom stereocenters. The Labute approximate surface area is 118 Å². The van der Waals surface area contributed by atoms with E-state index in [2.05, 4.69) is 5.32 Å². The van der Waals surface area contributed by atoms with Crippen LogP contribution in [0, 0.1) is 22.0 Å². The molecule has 20 heavy (non-hydrogen) atoms. The van der Waals surface area contributed by atoms with E-state index in [4.69, 9.17) is 5.73 Å². The Bertz CT molecular complexity index is 474. The number of nitrogens with zero attached hydrogens (tertiary/aromatic N) is 1. The van der Waals surface area contributed by atoms with Gasteiger partial charge in [0.05, 0.1) is 10.8 Å². The first-order valence-corrected chi connectivity index (χ1v) is 6.65. The van der Waals surface area contributed by atoms with Crippen molar-refractivity contribution in [2.75, 3.05) is 6.54 Å². The van der Waals surface area contributed by atoms with Gasteiger partial charge in [0.1, 0.15) is 0 Å². The average Bonchev–Trinajstić information content (AvgIpc) is 2.42. The van der Waals surface area contributed by atoms with Gasteiger partial charge in [0.2, 0.25) is 5.91 Å². The number of benzene rings is 1. The Kier molecular flexibility index (Phi) is 6.11. The van der Waals surface area contributed by atoms with E-state index in [0.717, 1.165) is 0 Å². The number of nitro benzene ring substituents is 1. The molecule has 0 saturated carbocycles. The lowest BCUT2D eigenvalue weighted by molar-refractivity contribution is -0.385. The molecule has 0 saturated heterocycles. The first-order chi connectivity index (χ1) is 9.45. The molecule has 0 aromatic heterocycles. The van der Waals surface area contributed by atoms with Gasteiger partial charge in [-0.3, -0.25) is 14.9 Å². The summed E-state index contributed by atoms with van der Waals surface area (Å²) < 4.78 is 0. The van der Waals surface area contributed by atoms with Crippen molar-refractivity contribution in [2.45, 2.75) is 26.8 Å². The molecule has 1 aromatic rings. The monoisotopic (exact) mass is 279 g/mol. The zero-order valence-electron chi connectivity index (χ0n) is 11.8. The molecule has 0 aliphatic rings. The van der Waals surface area contributed by atoms with Gasteiger partial charge in [0.15, 0.2) is 0 Å². The maximum atomic E-state index is 12.0. The van der Waals surface area contributed by atoms with Crippen LogP contribution in [-0.4, -0.2) is 17.4 Å². The van der Waals surface area contributed by atoms with Crippen molar-refractivity contribution < 1.29 is 9.72 Å². The topological polar surface area (TPSA) is 98.3 Å². The third-order valence-corrected chi connectivity index (χ3v) is 3.05. The van der Waals surface area contributed by atoms with Gasteiger partial charge in [-0.15, -0.1) is 0 Å². The van der Waals surface area contributed by atoms with Crippen molar-refractivity contribution in [2.24, 2.45) is 17.6 Å². The van der Waals surface area contributed by atoms with Crippen molar-refractivity contribution in [3.8, 4) is 0 Å². The molecule has 0 aliphatic carbocycles. The maximum Gasteiger partial charge on any atom is 0.274 e. The molecule has 0 aliphatic heterocycles. The van der Waals surface area contributed by atoms with Crippen LogP contribution < -0.4 is 11.1 Å². The van der Waals surface area contributed by atoms with Gasteiger partial charge in [-0.2, -0.15) is 0 Å². The van der Waals surface area contributed by atoms with Crippen molar-refractivity contribution in [3.05, 3.63) is 39.9 Å². The Morgan fingerprint density at radius 2 is 2.05 bits per heavy atom. The van der Waals surface area contributed by atoms with Crippen molar-refractivity contribution in [3.63, 3.8) is 0 Å². The molecule has 6 nitrogen and oxygen atoms in total. The summed E-state index contributed by atoms with van der Waals surface area (Å²) in [4.78, 5) is 22.4. The molecule has 1 rings (SSSR count). The van der Waals surface area contributed by atoms with E-state index >= 15 is 0 Å². The highest BCUT2D eigenvalue weighted by atomic mass is 16.6. The van der Waals surface area contributed by atoms with E-state index in [0.29, 0.717) is 17.9 Å². The molecule has 6 heteroatoms. The second-order valence-electron chi connectivity index (χ2n) is 5.17. The van der Waals surface area contributed by atoms with Gasteiger partial charge in [0, 0.05) is 24.7 Å². The zero-order chi connectivity index (χ0) is 15.1. The van der Waals surface area contributed by atoms with Gasteiger partial charge >= 0.3 is 0 Å². The molecule has 110 valence electrons. The molecule has 1 unspecified atom stereocenters. The largest absolute Gasteiger partial charge is 0.351 e. The quantitative estimate of drug-likeness (QED) is 0.587. The predicted molar refractivity (Wildman–Crippen MR) is 76.9 cm³/mol. The SMILES string of the molecule is CC(C)CC(CN)C(=O)NCc1ccccc1[N+](=O)[O-]. The lowest BCUT2D eigenvalue weighted by Gasteiger charge is -2.16. The van der Waals surface area contributed by atoms with Crippen LogP contribution in [0.5, 0.6) is 0 Å². The third-order valence-electron chi connectivity index (χ3n) is 3.05. The molecule has 1 aromatic carbocycles. The number of hydrogen-bond donors (Lipinski definition) is 2. The van der Waals surface area contributed by atoms with Gasteiger partial charge in [-0.05, 0) is 12.3 Å². The fraction of sp³-hybridized carbons (Fsp3) is 0.500. The van der Waals surface area contributed by atoms with Crippen LogP contribution in [0.15, 0.2) is 24.3 Å². The summed E-state index contributed by atoms with van der Waals surface area (Å²) >= 11 is 0. The molecule has 0 radical (unpaired) electrons. The standard InChI is InChI=1S/C14H21N3O3/c1-10(2)7-12(8-15)14(18)16-9-11-5-3-4-6-13(11)17(19)20/h3-6,10,12H,7-9,15H2,1-2H3,(H,16,18). The summed E-state index contributed by atoms with van der Waals surface area (Å²) in [7, 11) is 0. The van der Waals surface area contributed by atoms with Crippen LogP contribution in [-0.2, 0) is 11.3 Å². The van der Waals surface area contributed by atoms with Gasteiger partial charge < -0.3 is 11.1 Å². The molecule has 0 spiro atoms. The zero-order valence-corrected chi connectivity index (χ0v) is 11.8. The summed E-state index contributed by atoms with van der Waals surface area (Å²) in [6.45, 7) is 4.47. The van der Waals surface area contributed by atoms with E-state index in [1.807, 2.05) is 13.8 Å². The van der Waals surface area contributed by atoms with Gasteiger partial charge in [-0.25, -0.2) is 0 Å². The van der Waals surface area contributed by atoms with Crippen LogP contribution in [0.1, 0.15) is 25.8 Å². The second kappa shape index (κ2) is 7.59. The first-order valence-electron chi connectivity index (χ1n) is 6.65. The molecule has 1 amide bonds. The number of carbonyl (C=O) groups excluding carboxylic acids is 1. The molecule has 0 heterocycles. The van der Waals surface area contributed by atoms with E-state index in [9.17, 15) is 14.9 Å². The van der Waals surface area contributed by atoms with Crippen molar-refractivity contribution in [1.29, 1.82) is 0 Å². The van der Waals surface area contributed by atoms with E-state index in [-0.39, 0.29) is 30.6 Å². The van der Waals surface area contributed by atoms with Crippen LogP contribution in [0.3, 0.4) is 0 Å². The van der Waals surface area contributed by atoms with E-state index in [1.54, 1.807) is 18.2 Å². The number of nitro groups is 1. The van der Waals surface area contributed by atoms with E-state index < -0.39 is 4.92 Å². The molecular weight excluding hydrogens is 258 g/mol. The number of carbonyl (C=O) groups is 1. The minimum atomic E-state index is -0.448. The maximum absolute atomic E-state index is 12.0. The van der Waals surface area contributed by atoms with E-state index in [1.165, 1.54) is 6.07 Å². The van der Waals surface area contributed by atoms with Crippen molar-refractivity contribution >= 4 is 11.6 Å². The number of nitrogens with two attached hydrogens (primary N) is 1. The van der Waals surface area contributed by atoms with Gasteiger partial charge in [0.25, 0.3) is 5.69 Å². The first kappa shape index (κ1) is 16.1. The lowest BCUT2D eigenvalue weighted by atomic mass is 9.96. The highest BCUT2D eigenvalue weighted by Crippen LogP contribution is 2.17. The summed E-state index contributed by atoms with van der Waals surface area (Å²) in [5.41, 5.74) is 6.11. The fourth-order valence-corrected chi connectivity index (χ4v) is 2.04. The smallest absolute Gasteiger partial charge is 0.274 e. The number of nitrogens with one attached hydrogen (secondary N) is 1. The Morgan fingerprint density at radius 1 is 1.40 bits per heavy atom. The Hall–Kier alpha value is -1.95. The molecule has 3 N–H and O–H groups in total. The summed E-state index contributed by atoms with van der Waals surface area (Å²) in [5.74, 6) is -0.0301. The highest BCUT2D eigenvalue weighted by Gasteiger charge is 2.19. The minimum absolute atomic E-state index is 0.0148. The second-order valence-corrected chi connectivity index (χ2v) is 5.17. The Morgan fingerprint density at radius 3 is 2.60 bits per heavy atom. The summed E-state index contributed by atoms with van der Waals surface area (Å²) in [6, 6.07) is 6.38. The predicted octanol–water partition coefficient (Wildman–Crippen LogP) is 1.83. The van der Waals surface area contributed by atoms with Crippen LogP contribution in [0.4, 0.5) is 5.69 Å². The molecule has 0 fully saturated rings. The molecular formula is C14H21N3O3. The normalized spacial score (nSPS) is 12.2. The highest BCUT2D eigenvalue weighted by molar-refractivity contribution is 5.79. The number of amides is 1. The summed E-state index contributed by atoms with van der Waals surface area (Å²) in [5, 5.41) is 13.6. The molecule has 0 bridgehead atoms. The minimum Gasteiger partial charge on any atom is -0.351 e. The summed E-state index contributed by atoms with van der Waals surface area (Å²) in [6.07, 6.45) is 0.708. The number of para-hydroxylation sites is 1. The third kappa shape index (κ3) is 4.62. The van der Waals surface area contributed by atoms with Gasteiger partial charge in [-0.1, -0.05) is 32.0 Å². The Balaban J connectivity index is 2.67. The average molecular weight is 279 g/mol. The fourth-order valence-electron chi connectivity index (χ4n) is 2.04. The number of rotatable bonds is 7. The lowest BCUT2D eigenvalue weighted by Crippen LogP contribution is -2.35. The number of hydrogen-bond acceptors (Lipinski definition) is 4.